The molecule has 0 amide bonds. The number of alkyl halides is 3. The monoisotopic (exact) mass is 461 g/mol. The zero-order chi connectivity index (χ0) is 23.9. The predicted molar refractivity (Wildman–Crippen MR) is 127 cm³/mol. The van der Waals surface area contributed by atoms with Crippen LogP contribution in [0.4, 0.5) is 13.2 Å². The van der Waals surface area contributed by atoms with Crippen LogP contribution < -0.4 is 5.32 Å². The Morgan fingerprint density at radius 1 is 0.853 bits per heavy atom. The Labute approximate surface area is 194 Å². The van der Waals surface area contributed by atoms with Crippen molar-refractivity contribution in [2.75, 3.05) is 13.1 Å². The van der Waals surface area contributed by atoms with Gasteiger partial charge < -0.3 is 10.4 Å². The first-order valence-electron chi connectivity index (χ1n) is 11.1. The predicted octanol–water partition coefficient (Wildman–Crippen LogP) is 6.97. The summed E-state index contributed by atoms with van der Waals surface area (Å²) in [6.45, 7) is 1.97. The van der Waals surface area contributed by atoms with Gasteiger partial charge in [-0.2, -0.15) is 13.2 Å². The first-order valence-corrected chi connectivity index (χ1v) is 11.1. The first kappa shape index (κ1) is 22.2. The van der Waals surface area contributed by atoms with Gasteiger partial charge in [-0.25, -0.2) is 4.79 Å². The van der Waals surface area contributed by atoms with Gasteiger partial charge in [-0.15, -0.1) is 0 Å². The molecular formula is C28H22F3NO2. The third-order valence-electron chi connectivity index (χ3n) is 6.50. The molecule has 0 spiro atoms. The van der Waals surface area contributed by atoms with Gasteiger partial charge in [0.25, 0.3) is 0 Å². The molecular weight excluding hydrogens is 439 g/mol. The van der Waals surface area contributed by atoms with Crippen LogP contribution in [0, 0.1) is 0 Å². The summed E-state index contributed by atoms with van der Waals surface area (Å²) in [5, 5.41) is 14.7. The minimum absolute atomic E-state index is 0.163. The van der Waals surface area contributed by atoms with Crippen molar-refractivity contribution in [2.45, 2.75) is 18.5 Å². The van der Waals surface area contributed by atoms with E-state index in [1.807, 2.05) is 30.3 Å². The molecule has 172 valence electrons. The van der Waals surface area contributed by atoms with Crippen molar-refractivity contribution in [2.24, 2.45) is 0 Å². The standard InChI is InChI=1S/C28H22F3NO2/c29-28(30,31)24-8-5-17(6-9-24)20-7-10-25-22(13-20)14-23(27(33)34)15-26(25)19-3-1-18(2-4-19)21-11-12-32-16-21/h1-10,13-15,21,32H,11-12,16H2,(H,33,34). The molecule has 3 nitrogen and oxygen atoms in total. The highest BCUT2D eigenvalue weighted by Gasteiger charge is 2.30. The Hall–Kier alpha value is -3.64. The van der Waals surface area contributed by atoms with Gasteiger partial charge in [-0.1, -0.05) is 48.5 Å². The maximum atomic E-state index is 12.9. The molecule has 1 aliphatic rings. The summed E-state index contributed by atoms with van der Waals surface area (Å²) in [5.74, 6) is -0.542. The number of carboxylic acid groups (broad SMARTS) is 1. The second kappa shape index (κ2) is 8.61. The van der Waals surface area contributed by atoms with E-state index in [1.165, 1.54) is 17.7 Å². The van der Waals surface area contributed by atoms with Gasteiger partial charge in [0.2, 0.25) is 0 Å². The van der Waals surface area contributed by atoms with E-state index in [0.717, 1.165) is 59.1 Å². The molecule has 4 aromatic carbocycles. The highest BCUT2D eigenvalue weighted by Crippen LogP contribution is 2.35. The quantitative estimate of drug-likeness (QED) is 0.345. The zero-order valence-corrected chi connectivity index (χ0v) is 18.2. The minimum Gasteiger partial charge on any atom is -0.478 e. The molecule has 1 atom stereocenters. The zero-order valence-electron chi connectivity index (χ0n) is 18.2. The number of halogens is 3. The molecule has 0 aliphatic carbocycles. The number of carboxylic acids is 1. The van der Waals surface area contributed by atoms with Crippen molar-refractivity contribution >= 4 is 16.7 Å². The fourth-order valence-corrected chi connectivity index (χ4v) is 4.64. The second-order valence-electron chi connectivity index (χ2n) is 8.65. The molecule has 5 rings (SSSR count). The largest absolute Gasteiger partial charge is 0.478 e. The fraction of sp³-hybridized carbons (Fsp3) is 0.179. The number of fused-ring (bicyclic) bond motifs is 1. The summed E-state index contributed by atoms with van der Waals surface area (Å²) >= 11 is 0. The van der Waals surface area contributed by atoms with Gasteiger partial charge >= 0.3 is 12.1 Å². The van der Waals surface area contributed by atoms with Crippen LogP contribution >= 0.6 is 0 Å². The van der Waals surface area contributed by atoms with Gasteiger partial charge in [0.1, 0.15) is 0 Å². The lowest BCUT2D eigenvalue weighted by Gasteiger charge is -2.13. The van der Waals surface area contributed by atoms with E-state index in [-0.39, 0.29) is 5.56 Å². The third kappa shape index (κ3) is 4.29. The lowest BCUT2D eigenvalue weighted by Crippen LogP contribution is -2.07. The molecule has 34 heavy (non-hydrogen) atoms. The van der Waals surface area contributed by atoms with Gasteiger partial charge in [0.15, 0.2) is 0 Å². The van der Waals surface area contributed by atoms with Gasteiger partial charge in [-0.3, -0.25) is 0 Å². The van der Waals surface area contributed by atoms with E-state index >= 15 is 0 Å². The molecule has 0 radical (unpaired) electrons. The maximum absolute atomic E-state index is 12.9. The van der Waals surface area contributed by atoms with Crippen molar-refractivity contribution < 1.29 is 23.1 Å². The Balaban J connectivity index is 1.57. The number of hydrogen-bond donors (Lipinski definition) is 2. The molecule has 1 saturated heterocycles. The molecule has 1 unspecified atom stereocenters. The molecule has 6 heteroatoms. The van der Waals surface area contributed by atoms with E-state index < -0.39 is 17.7 Å². The summed E-state index contributed by atoms with van der Waals surface area (Å²) < 4.78 is 38.7. The van der Waals surface area contributed by atoms with Crippen LogP contribution in [0.3, 0.4) is 0 Å². The Morgan fingerprint density at radius 3 is 2.15 bits per heavy atom. The van der Waals surface area contributed by atoms with Crippen LogP contribution in [-0.4, -0.2) is 24.2 Å². The lowest BCUT2D eigenvalue weighted by molar-refractivity contribution is -0.137. The molecule has 1 fully saturated rings. The Morgan fingerprint density at radius 2 is 1.53 bits per heavy atom. The topological polar surface area (TPSA) is 49.3 Å². The minimum atomic E-state index is -4.39. The smallest absolute Gasteiger partial charge is 0.416 e. The van der Waals surface area contributed by atoms with E-state index in [4.69, 9.17) is 0 Å². The third-order valence-corrected chi connectivity index (χ3v) is 6.50. The first-order chi connectivity index (χ1) is 16.3. The van der Waals surface area contributed by atoms with Gasteiger partial charge in [0.05, 0.1) is 11.1 Å². The Bertz CT molecular complexity index is 1350. The summed E-state index contributed by atoms with van der Waals surface area (Å²) in [5.41, 5.74) is 3.80. The number of aromatic carboxylic acids is 1. The Kier molecular flexibility index (Phi) is 5.62. The molecule has 0 bridgehead atoms. The average Bonchev–Trinajstić information content (AvgIpc) is 3.38. The number of hydrogen-bond acceptors (Lipinski definition) is 2. The normalized spacial score (nSPS) is 16.1. The van der Waals surface area contributed by atoms with E-state index in [0.29, 0.717) is 11.5 Å². The van der Waals surface area contributed by atoms with Gasteiger partial charge in [0, 0.05) is 6.54 Å². The van der Waals surface area contributed by atoms with Crippen molar-refractivity contribution in [1.29, 1.82) is 0 Å². The second-order valence-corrected chi connectivity index (χ2v) is 8.65. The molecule has 4 aromatic rings. The van der Waals surface area contributed by atoms with Crippen LogP contribution in [0.25, 0.3) is 33.0 Å². The van der Waals surface area contributed by atoms with Crippen LogP contribution in [0.1, 0.15) is 33.8 Å². The number of carbonyl (C=O) groups is 1. The lowest BCUT2D eigenvalue weighted by atomic mass is 9.91. The summed E-state index contributed by atoms with van der Waals surface area (Å²) in [4.78, 5) is 11.8. The van der Waals surface area contributed by atoms with Crippen LogP contribution in [0.5, 0.6) is 0 Å². The van der Waals surface area contributed by atoms with Crippen molar-refractivity contribution in [3.63, 3.8) is 0 Å². The highest BCUT2D eigenvalue weighted by molar-refractivity contribution is 6.04. The number of benzene rings is 4. The highest BCUT2D eigenvalue weighted by atomic mass is 19.4. The summed E-state index contributed by atoms with van der Waals surface area (Å²) in [6, 6.07) is 22.1. The van der Waals surface area contributed by atoms with Crippen LogP contribution in [0.2, 0.25) is 0 Å². The summed E-state index contributed by atoms with van der Waals surface area (Å²) in [6.07, 6.45) is -3.29. The van der Waals surface area contributed by atoms with E-state index in [2.05, 4.69) is 17.4 Å². The molecule has 2 N–H and O–H groups in total. The average molecular weight is 461 g/mol. The van der Waals surface area contributed by atoms with Crippen LogP contribution in [0.15, 0.2) is 78.9 Å². The van der Waals surface area contributed by atoms with E-state index in [1.54, 1.807) is 12.1 Å². The fourth-order valence-electron chi connectivity index (χ4n) is 4.64. The maximum Gasteiger partial charge on any atom is 0.416 e. The molecule has 0 aromatic heterocycles. The molecule has 0 saturated carbocycles. The van der Waals surface area contributed by atoms with Crippen LogP contribution in [-0.2, 0) is 6.18 Å². The van der Waals surface area contributed by atoms with Crippen molar-refractivity contribution in [3.8, 4) is 22.3 Å². The van der Waals surface area contributed by atoms with Crippen molar-refractivity contribution in [3.05, 3.63) is 95.6 Å². The van der Waals surface area contributed by atoms with Crippen molar-refractivity contribution in [1.82, 2.24) is 5.32 Å². The van der Waals surface area contributed by atoms with E-state index in [9.17, 15) is 23.1 Å². The molecule has 1 heterocycles. The summed E-state index contributed by atoms with van der Waals surface area (Å²) in [7, 11) is 0. The number of nitrogens with one attached hydrogen (secondary N) is 1. The SMILES string of the molecule is O=C(O)c1cc(-c2ccc(C3CCNC3)cc2)c2ccc(-c3ccc(C(F)(F)F)cc3)cc2c1. The molecule has 1 aliphatic heterocycles. The number of rotatable bonds is 4. The van der Waals surface area contributed by atoms with Gasteiger partial charge in [-0.05, 0) is 87.8 Å².